The van der Waals surface area contributed by atoms with Crippen molar-refractivity contribution in [1.29, 1.82) is 0 Å². The summed E-state index contributed by atoms with van der Waals surface area (Å²) >= 11 is 8.02. The van der Waals surface area contributed by atoms with E-state index in [0.29, 0.717) is 6.54 Å². The van der Waals surface area contributed by atoms with Crippen LogP contribution in [0.2, 0.25) is 5.02 Å². The second-order valence-corrected chi connectivity index (χ2v) is 7.62. The average Bonchev–Trinajstić information content (AvgIpc) is 2.88. The zero-order valence-electron chi connectivity index (χ0n) is 13.2. The zero-order chi connectivity index (χ0) is 18.6. The van der Waals surface area contributed by atoms with Crippen LogP contribution in [0.3, 0.4) is 0 Å². The molecule has 10 heteroatoms. The molecule has 3 rings (SSSR count). The maximum absolute atomic E-state index is 11.0. The van der Waals surface area contributed by atoms with E-state index in [0.717, 1.165) is 23.6 Å². The first kappa shape index (κ1) is 19.8. The Labute approximate surface area is 154 Å². The summed E-state index contributed by atoms with van der Waals surface area (Å²) in [4.78, 5) is 18.7. The summed E-state index contributed by atoms with van der Waals surface area (Å²) in [6.45, 7) is 2.82. The average molecular weight is 406 g/mol. The molecule has 0 unspecified atom stereocenters. The van der Waals surface area contributed by atoms with Gasteiger partial charge in [-0.15, -0.1) is 16.4 Å². The molecule has 0 atom stereocenters. The van der Waals surface area contributed by atoms with Crippen molar-refractivity contribution < 1.29 is 27.2 Å². The van der Waals surface area contributed by atoms with Crippen LogP contribution in [0.4, 0.5) is 0 Å². The molecule has 2 heterocycles. The Balaban J connectivity index is 0.000000399. The maximum Gasteiger partial charge on any atom is 0.394 e. The number of halogens is 1. The van der Waals surface area contributed by atoms with Gasteiger partial charge in [-0.05, 0) is 24.1 Å². The largest absolute Gasteiger partial charge is 0.394 e. The van der Waals surface area contributed by atoms with Crippen LogP contribution in [0.25, 0.3) is 10.4 Å². The molecule has 0 saturated carbocycles. The summed E-state index contributed by atoms with van der Waals surface area (Å²) in [6, 6.07) is 10.0. The summed E-state index contributed by atoms with van der Waals surface area (Å²) in [6.07, 6.45) is 0.901. The van der Waals surface area contributed by atoms with Crippen molar-refractivity contribution in [2.24, 2.45) is 0 Å². The maximum atomic E-state index is 11.0. The molecule has 7 nitrogen and oxygen atoms in total. The molecule has 25 heavy (non-hydrogen) atoms. The van der Waals surface area contributed by atoms with E-state index in [9.17, 15) is 4.79 Å². The van der Waals surface area contributed by atoms with Gasteiger partial charge in [0, 0.05) is 33.8 Å². The fourth-order valence-electron chi connectivity index (χ4n) is 2.36. The minimum Gasteiger partial charge on any atom is -0.368 e. The molecule has 2 N–H and O–H groups in total. The van der Waals surface area contributed by atoms with Crippen LogP contribution >= 0.6 is 22.9 Å². The zero-order valence-corrected chi connectivity index (χ0v) is 15.6. The molecule has 0 fully saturated rings. The Bertz CT molecular complexity index is 857. The summed E-state index contributed by atoms with van der Waals surface area (Å²) < 4.78 is 31.6. The molecule has 136 valence electrons. The number of carbonyl (C=O) groups excluding carboxylic acids is 1. The molecule has 0 radical (unpaired) electrons. The molecule has 1 aliphatic rings. The van der Waals surface area contributed by atoms with Crippen molar-refractivity contribution in [3.8, 4) is 10.4 Å². The number of rotatable bonds is 2. The first-order valence-electron chi connectivity index (χ1n) is 7.13. The molecule has 0 bridgehead atoms. The first-order chi connectivity index (χ1) is 11.6. The summed E-state index contributed by atoms with van der Waals surface area (Å²) in [5, 5.41) is 2.48. The predicted molar refractivity (Wildman–Crippen MR) is 94.8 cm³/mol. The quantitative estimate of drug-likeness (QED) is 0.739. The van der Waals surface area contributed by atoms with Crippen LogP contribution in [0.1, 0.15) is 17.4 Å². The monoisotopic (exact) mass is 405 g/mol. The topological polar surface area (TPSA) is 104 Å². The molecule has 1 aromatic heterocycles. The number of hydrogen-bond acceptors (Lipinski definition) is 6. The number of benzene rings is 1. The molecule has 0 saturated heterocycles. The SMILES string of the molecule is CC(=O)ON1CCc2sc(-c3ccccc3Cl)cc2C1.O=S(=O)(O)O. The van der Waals surface area contributed by atoms with Crippen LogP contribution in [-0.4, -0.2) is 35.1 Å². The van der Waals surface area contributed by atoms with E-state index >= 15 is 0 Å². The van der Waals surface area contributed by atoms with Crippen LogP contribution < -0.4 is 0 Å². The highest BCUT2D eigenvalue weighted by atomic mass is 35.5. The molecule has 0 spiro atoms. The van der Waals surface area contributed by atoms with E-state index < -0.39 is 10.4 Å². The van der Waals surface area contributed by atoms with Gasteiger partial charge in [0.15, 0.2) is 0 Å². The number of nitrogens with zero attached hydrogens (tertiary/aromatic N) is 1. The summed E-state index contributed by atoms with van der Waals surface area (Å²) in [5.41, 5.74) is 2.28. The molecule has 2 aromatic rings. The minimum absolute atomic E-state index is 0.269. The van der Waals surface area contributed by atoms with E-state index in [1.165, 1.54) is 22.2 Å². The highest BCUT2D eigenvalue weighted by Gasteiger charge is 2.21. The highest BCUT2D eigenvalue weighted by Crippen LogP contribution is 2.37. The van der Waals surface area contributed by atoms with Crippen molar-refractivity contribution >= 4 is 39.3 Å². The van der Waals surface area contributed by atoms with Crippen molar-refractivity contribution in [3.63, 3.8) is 0 Å². The third-order valence-electron chi connectivity index (χ3n) is 3.23. The normalized spacial score (nSPS) is 14.2. The fraction of sp³-hybridized carbons (Fsp3) is 0.267. The van der Waals surface area contributed by atoms with Gasteiger partial charge in [-0.1, -0.05) is 29.8 Å². The summed E-state index contributed by atoms with van der Waals surface area (Å²) in [5.74, 6) is -0.269. The van der Waals surface area contributed by atoms with Gasteiger partial charge in [-0.2, -0.15) is 8.42 Å². The molecule has 1 aliphatic heterocycles. The van der Waals surface area contributed by atoms with Gasteiger partial charge in [0.25, 0.3) is 0 Å². The smallest absolute Gasteiger partial charge is 0.368 e. The second kappa shape index (κ2) is 8.26. The van der Waals surface area contributed by atoms with Crippen LogP contribution in [-0.2, 0) is 33.0 Å². The lowest BCUT2D eigenvalue weighted by Gasteiger charge is -2.24. The number of thiophene rings is 1. The van der Waals surface area contributed by atoms with Crippen molar-refractivity contribution in [2.75, 3.05) is 6.54 Å². The number of hydrogen-bond donors (Lipinski definition) is 2. The van der Waals surface area contributed by atoms with Crippen molar-refractivity contribution in [2.45, 2.75) is 19.9 Å². The lowest BCUT2D eigenvalue weighted by atomic mass is 10.1. The molecular weight excluding hydrogens is 390 g/mol. The third kappa shape index (κ3) is 6.38. The van der Waals surface area contributed by atoms with Gasteiger partial charge >= 0.3 is 16.4 Å². The first-order valence-corrected chi connectivity index (χ1v) is 9.72. The molecule has 1 aromatic carbocycles. The molecule has 0 aliphatic carbocycles. The van der Waals surface area contributed by atoms with E-state index in [1.54, 1.807) is 16.4 Å². The molecular formula is C15H16ClNO6S2. The van der Waals surface area contributed by atoms with Crippen molar-refractivity contribution in [1.82, 2.24) is 5.06 Å². The number of fused-ring (bicyclic) bond motifs is 1. The van der Waals surface area contributed by atoms with Gasteiger partial charge in [-0.25, -0.2) is 0 Å². The Morgan fingerprint density at radius 2 is 1.96 bits per heavy atom. The van der Waals surface area contributed by atoms with Gasteiger partial charge in [-0.3, -0.25) is 13.9 Å². The van der Waals surface area contributed by atoms with Gasteiger partial charge in [0.1, 0.15) is 0 Å². The Morgan fingerprint density at radius 1 is 1.32 bits per heavy atom. The molecule has 0 amide bonds. The minimum atomic E-state index is -4.67. The number of hydroxylamine groups is 2. The van der Waals surface area contributed by atoms with Crippen LogP contribution in [0.5, 0.6) is 0 Å². The highest BCUT2D eigenvalue weighted by molar-refractivity contribution is 7.79. The summed E-state index contributed by atoms with van der Waals surface area (Å²) in [7, 11) is -4.67. The standard InChI is InChI=1S/C15H14ClNO2S.H2O4S/c1-10(18)19-17-7-6-14-11(9-17)8-15(20-14)12-4-2-3-5-13(12)16;1-5(2,3)4/h2-5,8H,6-7,9H2,1H3;(H2,1,2,3,4). The van der Waals surface area contributed by atoms with E-state index in [2.05, 4.69) is 6.07 Å². The second-order valence-electron chi connectivity index (χ2n) is 5.18. The number of carbonyl (C=O) groups is 1. The third-order valence-corrected chi connectivity index (χ3v) is 4.83. The predicted octanol–water partition coefficient (Wildman–Crippen LogP) is 3.25. The lowest BCUT2D eigenvalue weighted by molar-refractivity contribution is -0.192. The van der Waals surface area contributed by atoms with Crippen molar-refractivity contribution in [3.05, 3.63) is 45.8 Å². The van der Waals surface area contributed by atoms with Crippen LogP contribution in [0, 0.1) is 0 Å². The lowest BCUT2D eigenvalue weighted by Crippen LogP contribution is -2.31. The van der Waals surface area contributed by atoms with Gasteiger partial charge < -0.3 is 4.84 Å². The fourth-order valence-corrected chi connectivity index (χ4v) is 3.86. The Hall–Kier alpha value is -1.49. The van der Waals surface area contributed by atoms with Gasteiger partial charge in [0.05, 0.1) is 6.54 Å². The Kier molecular flexibility index (Phi) is 6.55. The Morgan fingerprint density at radius 3 is 2.56 bits per heavy atom. The van der Waals surface area contributed by atoms with E-state index in [1.807, 2.05) is 24.3 Å². The van der Waals surface area contributed by atoms with Crippen LogP contribution in [0.15, 0.2) is 30.3 Å². The van der Waals surface area contributed by atoms with E-state index in [-0.39, 0.29) is 5.97 Å². The van der Waals surface area contributed by atoms with Gasteiger partial charge in [0.2, 0.25) is 0 Å². The van der Waals surface area contributed by atoms with E-state index in [4.69, 9.17) is 34.0 Å².